The Bertz CT molecular complexity index is 353. The summed E-state index contributed by atoms with van der Waals surface area (Å²) >= 11 is 0. The fraction of sp³-hybridized carbons (Fsp3) is 0.643. The van der Waals surface area contributed by atoms with Crippen molar-refractivity contribution in [3.63, 3.8) is 0 Å². The molecule has 1 saturated heterocycles. The van der Waals surface area contributed by atoms with E-state index < -0.39 is 0 Å². The summed E-state index contributed by atoms with van der Waals surface area (Å²) < 4.78 is 0. The van der Waals surface area contributed by atoms with Crippen molar-refractivity contribution in [2.75, 3.05) is 13.1 Å². The number of aryl methyl sites for hydroxylation is 1. The molecule has 0 saturated carbocycles. The Morgan fingerprint density at radius 2 is 2.22 bits per heavy atom. The summed E-state index contributed by atoms with van der Waals surface area (Å²) in [4.78, 5) is 6.98. The van der Waals surface area contributed by atoms with Crippen LogP contribution >= 0.6 is 12.4 Å². The van der Waals surface area contributed by atoms with Gasteiger partial charge in [0.2, 0.25) is 0 Å². The molecule has 102 valence electrons. The van der Waals surface area contributed by atoms with Crippen molar-refractivity contribution in [2.45, 2.75) is 39.3 Å². The molecule has 2 rings (SSSR count). The molecular weight excluding hydrogens is 246 g/mol. The van der Waals surface area contributed by atoms with Gasteiger partial charge in [-0.15, -0.1) is 12.4 Å². The van der Waals surface area contributed by atoms with E-state index in [0.717, 1.165) is 25.3 Å². The summed E-state index contributed by atoms with van der Waals surface area (Å²) in [7, 11) is 0. The molecule has 2 atom stereocenters. The van der Waals surface area contributed by atoms with Gasteiger partial charge < -0.3 is 5.73 Å². The topological polar surface area (TPSA) is 42.1 Å². The zero-order valence-electron chi connectivity index (χ0n) is 11.3. The molecule has 0 spiro atoms. The number of aromatic nitrogens is 1. The van der Waals surface area contributed by atoms with Crippen LogP contribution in [0.5, 0.6) is 0 Å². The lowest BCUT2D eigenvalue weighted by Crippen LogP contribution is -2.48. The average Bonchev–Trinajstić information content (AvgIpc) is 2.32. The van der Waals surface area contributed by atoms with Gasteiger partial charge in [0.1, 0.15) is 0 Å². The van der Waals surface area contributed by atoms with Crippen molar-refractivity contribution in [1.29, 1.82) is 0 Å². The minimum atomic E-state index is 0. The van der Waals surface area contributed by atoms with Gasteiger partial charge in [-0.2, -0.15) is 0 Å². The molecule has 2 heterocycles. The monoisotopic (exact) mass is 269 g/mol. The zero-order chi connectivity index (χ0) is 12.3. The van der Waals surface area contributed by atoms with Crippen LogP contribution < -0.4 is 5.73 Å². The van der Waals surface area contributed by atoms with Gasteiger partial charge in [0.25, 0.3) is 0 Å². The van der Waals surface area contributed by atoms with Crippen LogP contribution in [-0.2, 0) is 6.54 Å². The van der Waals surface area contributed by atoms with E-state index in [-0.39, 0.29) is 12.4 Å². The third kappa shape index (κ3) is 3.67. The minimum absolute atomic E-state index is 0. The first kappa shape index (κ1) is 15.4. The maximum Gasteiger partial charge on any atom is 0.0544 e. The molecule has 1 aromatic heterocycles. The summed E-state index contributed by atoms with van der Waals surface area (Å²) in [5.74, 6) is 0.708. The highest BCUT2D eigenvalue weighted by molar-refractivity contribution is 5.85. The van der Waals surface area contributed by atoms with Crippen LogP contribution in [-0.4, -0.2) is 29.0 Å². The van der Waals surface area contributed by atoms with Crippen LogP contribution in [0.2, 0.25) is 0 Å². The van der Waals surface area contributed by atoms with Crippen molar-refractivity contribution in [1.82, 2.24) is 9.88 Å². The second-order valence-electron chi connectivity index (χ2n) is 5.22. The summed E-state index contributed by atoms with van der Waals surface area (Å²) in [5.41, 5.74) is 8.27. The van der Waals surface area contributed by atoms with Gasteiger partial charge in [0.05, 0.1) is 5.69 Å². The van der Waals surface area contributed by atoms with Crippen molar-refractivity contribution < 1.29 is 0 Å². The Hall–Kier alpha value is -0.640. The second kappa shape index (κ2) is 7.07. The van der Waals surface area contributed by atoms with E-state index in [2.05, 4.69) is 35.9 Å². The van der Waals surface area contributed by atoms with Crippen LogP contribution in [0.3, 0.4) is 0 Å². The summed E-state index contributed by atoms with van der Waals surface area (Å²) in [6, 6.07) is 4.78. The van der Waals surface area contributed by atoms with Crippen molar-refractivity contribution in [3.8, 4) is 0 Å². The highest BCUT2D eigenvalue weighted by Crippen LogP contribution is 2.23. The first-order valence-electron chi connectivity index (χ1n) is 6.56. The van der Waals surface area contributed by atoms with E-state index in [1.165, 1.54) is 18.4 Å². The SMILES string of the molecule is Cc1ccc(CN2CCCC(C)C2CN)nc1.Cl. The molecule has 0 radical (unpaired) electrons. The molecule has 0 aromatic carbocycles. The van der Waals surface area contributed by atoms with E-state index in [1.807, 2.05) is 6.20 Å². The molecule has 0 bridgehead atoms. The van der Waals surface area contributed by atoms with Crippen LogP contribution in [0.4, 0.5) is 0 Å². The van der Waals surface area contributed by atoms with E-state index in [9.17, 15) is 0 Å². The number of halogens is 1. The Morgan fingerprint density at radius 1 is 1.44 bits per heavy atom. The van der Waals surface area contributed by atoms with Gasteiger partial charge in [0, 0.05) is 25.3 Å². The van der Waals surface area contributed by atoms with Gasteiger partial charge >= 0.3 is 0 Å². The van der Waals surface area contributed by atoms with Gasteiger partial charge in [0.15, 0.2) is 0 Å². The molecule has 2 unspecified atom stereocenters. The predicted molar refractivity (Wildman–Crippen MR) is 77.9 cm³/mol. The van der Waals surface area contributed by atoms with E-state index in [4.69, 9.17) is 5.73 Å². The first-order valence-corrected chi connectivity index (χ1v) is 6.56. The molecule has 1 aromatic rings. The van der Waals surface area contributed by atoms with Crippen molar-refractivity contribution >= 4 is 12.4 Å². The number of piperidine rings is 1. The summed E-state index contributed by atoms with van der Waals surface area (Å²) in [6.45, 7) is 7.23. The third-order valence-electron chi connectivity index (χ3n) is 3.81. The average molecular weight is 270 g/mol. The van der Waals surface area contributed by atoms with Gasteiger partial charge in [-0.05, 0) is 43.9 Å². The normalized spacial score (nSPS) is 24.6. The molecule has 1 aliphatic rings. The van der Waals surface area contributed by atoms with Gasteiger partial charge in [-0.25, -0.2) is 0 Å². The quantitative estimate of drug-likeness (QED) is 0.916. The number of likely N-dealkylation sites (tertiary alicyclic amines) is 1. The Labute approximate surface area is 116 Å². The molecule has 1 fully saturated rings. The van der Waals surface area contributed by atoms with Crippen LogP contribution in [0.15, 0.2) is 18.3 Å². The molecule has 1 aliphatic heterocycles. The summed E-state index contributed by atoms with van der Waals surface area (Å²) in [6.07, 6.45) is 4.53. The standard InChI is InChI=1S/C14H23N3.ClH/c1-11-5-6-13(16-9-11)10-17-7-3-4-12(2)14(17)8-15;/h5-6,9,12,14H,3-4,7-8,10,15H2,1-2H3;1H. The second-order valence-corrected chi connectivity index (χ2v) is 5.22. The fourth-order valence-corrected chi connectivity index (χ4v) is 2.71. The molecular formula is C14H24ClN3. The molecule has 4 heteroatoms. The number of hydrogen-bond donors (Lipinski definition) is 1. The Kier molecular flexibility index (Phi) is 6.06. The van der Waals surface area contributed by atoms with Crippen LogP contribution in [0.1, 0.15) is 31.0 Å². The number of nitrogens with two attached hydrogens (primary N) is 1. The lowest BCUT2D eigenvalue weighted by molar-refractivity contribution is 0.0978. The highest BCUT2D eigenvalue weighted by Gasteiger charge is 2.27. The van der Waals surface area contributed by atoms with E-state index in [1.54, 1.807) is 0 Å². The lowest BCUT2D eigenvalue weighted by Gasteiger charge is -2.39. The maximum absolute atomic E-state index is 5.90. The number of hydrogen-bond acceptors (Lipinski definition) is 3. The highest BCUT2D eigenvalue weighted by atomic mass is 35.5. The lowest BCUT2D eigenvalue weighted by atomic mass is 9.90. The van der Waals surface area contributed by atoms with E-state index in [0.29, 0.717) is 12.0 Å². The van der Waals surface area contributed by atoms with Gasteiger partial charge in [-0.3, -0.25) is 9.88 Å². The largest absolute Gasteiger partial charge is 0.329 e. The molecule has 0 aliphatic carbocycles. The minimum Gasteiger partial charge on any atom is -0.329 e. The van der Waals surface area contributed by atoms with Crippen LogP contribution in [0.25, 0.3) is 0 Å². The van der Waals surface area contributed by atoms with Crippen LogP contribution in [0, 0.1) is 12.8 Å². The van der Waals surface area contributed by atoms with Crippen molar-refractivity contribution in [3.05, 3.63) is 29.6 Å². The molecule has 0 amide bonds. The third-order valence-corrected chi connectivity index (χ3v) is 3.81. The Morgan fingerprint density at radius 3 is 2.83 bits per heavy atom. The molecule has 2 N–H and O–H groups in total. The molecule has 3 nitrogen and oxygen atoms in total. The number of rotatable bonds is 3. The number of pyridine rings is 1. The van der Waals surface area contributed by atoms with Crippen molar-refractivity contribution in [2.24, 2.45) is 11.7 Å². The Balaban J connectivity index is 0.00000162. The summed E-state index contributed by atoms with van der Waals surface area (Å²) in [5, 5.41) is 0. The molecule has 18 heavy (non-hydrogen) atoms. The first-order chi connectivity index (χ1) is 8.20. The van der Waals surface area contributed by atoms with E-state index >= 15 is 0 Å². The zero-order valence-corrected chi connectivity index (χ0v) is 12.1. The van der Waals surface area contributed by atoms with Gasteiger partial charge in [-0.1, -0.05) is 13.0 Å². The number of nitrogens with zero attached hydrogens (tertiary/aromatic N) is 2. The maximum atomic E-state index is 5.90. The smallest absolute Gasteiger partial charge is 0.0544 e. The predicted octanol–water partition coefficient (Wildman–Crippen LogP) is 2.37. The fourth-order valence-electron chi connectivity index (χ4n) is 2.71.